The average Bonchev–Trinajstić information content (AvgIpc) is 3.42. The highest BCUT2D eigenvalue weighted by Gasteiger charge is 2.29. The Balaban J connectivity index is 1.41. The molecular formula is C22H19F3N4OS. The van der Waals surface area contributed by atoms with Gasteiger partial charge < -0.3 is 0 Å². The number of aromatic nitrogens is 2. The van der Waals surface area contributed by atoms with Gasteiger partial charge in [0, 0.05) is 18.7 Å². The van der Waals surface area contributed by atoms with Crippen molar-refractivity contribution in [3.63, 3.8) is 0 Å². The molecule has 0 bridgehead atoms. The molecule has 0 spiro atoms. The smallest absolute Gasteiger partial charge is 0.283 e. The van der Waals surface area contributed by atoms with E-state index in [0.29, 0.717) is 17.0 Å². The van der Waals surface area contributed by atoms with Crippen LogP contribution in [0, 0.1) is 11.8 Å². The van der Waals surface area contributed by atoms with Gasteiger partial charge in [0.15, 0.2) is 5.69 Å². The van der Waals surface area contributed by atoms with Crippen molar-refractivity contribution in [3.8, 4) is 22.4 Å². The lowest BCUT2D eigenvalue weighted by molar-refractivity contribution is -0.137. The maximum atomic E-state index is 12.6. The van der Waals surface area contributed by atoms with E-state index in [4.69, 9.17) is 0 Å². The first-order valence-corrected chi connectivity index (χ1v) is 10.6. The van der Waals surface area contributed by atoms with E-state index in [1.54, 1.807) is 6.07 Å². The summed E-state index contributed by atoms with van der Waals surface area (Å²) in [5.41, 5.74) is 3.70. The molecule has 0 unspecified atom stereocenters. The Kier molecular flexibility index (Phi) is 6.11. The number of carbonyl (C=O) groups is 1. The van der Waals surface area contributed by atoms with Crippen molar-refractivity contribution in [2.75, 3.05) is 13.1 Å². The number of H-pyrrole nitrogens is 1. The van der Waals surface area contributed by atoms with E-state index < -0.39 is 11.7 Å². The summed E-state index contributed by atoms with van der Waals surface area (Å²) < 4.78 is 37.9. The Morgan fingerprint density at radius 1 is 1.06 bits per heavy atom. The number of hydrogen-bond donors (Lipinski definition) is 2. The zero-order chi connectivity index (χ0) is 21.8. The van der Waals surface area contributed by atoms with Gasteiger partial charge >= 0.3 is 6.18 Å². The molecule has 2 aromatic heterocycles. The highest BCUT2D eigenvalue weighted by atomic mass is 32.1. The summed E-state index contributed by atoms with van der Waals surface area (Å²) in [5, 5.41) is 8.89. The molecule has 4 rings (SSSR count). The highest BCUT2D eigenvalue weighted by molar-refractivity contribution is 7.16. The van der Waals surface area contributed by atoms with Gasteiger partial charge in [-0.2, -0.15) is 18.3 Å². The first-order valence-electron chi connectivity index (χ1n) is 9.79. The number of hydrogen-bond acceptors (Lipinski definition) is 4. The van der Waals surface area contributed by atoms with Crippen molar-refractivity contribution in [3.05, 3.63) is 64.2 Å². The van der Waals surface area contributed by atoms with Gasteiger partial charge in [-0.15, -0.1) is 11.3 Å². The van der Waals surface area contributed by atoms with E-state index in [0.717, 1.165) is 47.8 Å². The number of nitrogens with zero attached hydrogens (tertiary/aromatic N) is 2. The summed E-state index contributed by atoms with van der Waals surface area (Å²) >= 11 is 1.41. The molecule has 1 saturated heterocycles. The van der Waals surface area contributed by atoms with Gasteiger partial charge in [0.25, 0.3) is 5.91 Å². The minimum absolute atomic E-state index is 0.247. The van der Waals surface area contributed by atoms with E-state index in [1.807, 2.05) is 17.1 Å². The molecule has 1 aliphatic heterocycles. The number of amides is 1. The van der Waals surface area contributed by atoms with Crippen LogP contribution in [0.5, 0.6) is 0 Å². The lowest BCUT2D eigenvalue weighted by Crippen LogP contribution is -2.45. The molecule has 5 nitrogen and oxygen atoms in total. The number of aromatic amines is 1. The van der Waals surface area contributed by atoms with Crippen LogP contribution in [0.3, 0.4) is 0 Å². The van der Waals surface area contributed by atoms with Crippen LogP contribution in [-0.4, -0.2) is 34.2 Å². The summed E-state index contributed by atoms with van der Waals surface area (Å²) in [6.45, 7) is 1.68. The molecule has 0 radical (unpaired) electrons. The Hall–Kier alpha value is -3.09. The average molecular weight is 444 g/mol. The first-order chi connectivity index (χ1) is 14.9. The summed E-state index contributed by atoms with van der Waals surface area (Å²) in [6, 6.07) is 10.1. The molecule has 0 atom stereocenters. The first kappa shape index (κ1) is 21.2. The van der Waals surface area contributed by atoms with Gasteiger partial charge in [0.2, 0.25) is 0 Å². The van der Waals surface area contributed by atoms with E-state index in [-0.39, 0.29) is 5.91 Å². The van der Waals surface area contributed by atoms with Crippen molar-refractivity contribution >= 4 is 17.2 Å². The third-order valence-electron chi connectivity index (χ3n) is 4.84. The topological polar surface area (TPSA) is 61.0 Å². The SMILES string of the molecule is O=C(NN1CCCCC1)c1cc(-c2ccc(C#Cc3ccc(C(F)(F)F)cc3)s2)[nH]n1. The fraction of sp³-hybridized carbons (Fsp3) is 0.273. The summed E-state index contributed by atoms with van der Waals surface area (Å²) in [7, 11) is 0. The van der Waals surface area contributed by atoms with Gasteiger partial charge in [-0.1, -0.05) is 18.3 Å². The molecule has 0 aliphatic carbocycles. The van der Waals surface area contributed by atoms with Crippen molar-refractivity contribution in [2.45, 2.75) is 25.4 Å². The second-order valence-electron chi connectivity index (χ2n) is 7.14. The van der Waals surface area contributed by atoms with Crippen molar-refractivity contribution in [2.24, 2.45) is 0 Å². The molecule has 160 valence electrons. The Bertz CT molecular complexity index is 1120. The molecular weight excluding hydrogens is 425 g/mol. The molecule has 31 heavy (non-hydrogen) atoms. The molecule has 1 aliphatic rings. The molecule has 0 saturated carbocycles. The molecule has 3 aromatic rings. The Morgan fingerprint density at radius 3 is 2.52 bits per heavy atom. The van der Waals surface area contributed by atoms with Gasteiger partial charge in [-0.25, -0.2) is 5.01 Å². The third kappa shape index (κ3) is 5.34. The summed E-state index contributed by atoms with van der Waals surface area (Å²) in [5.74, 6) is 5.58. The lowest BCUT2D eigenvalue weighted by atomic mass is 10.1. The summed E-state index contributed by atoms with van der Waals surface area (Å²) in [4.78, 5) is 14.0. The quantitative estimate of drug-likeness (QED) is 0.577. The molecule has 3 heterocycles. The fourth-order valence-electron chi connectivity index (χ4n) is 3.20. The van der Waals surface area contributed by atoms with Crippen LogP contribution >= 0.6 is 11.3 Å². The predicted octanol–water partition coefficient (Wildman–Crippen LogP) is 4.69. The molecule has 1 aromatic carbocycles. The van der Waals surface area contributed by atoms with E-state index >= 15 is 0 Å². The van der Waals surface area contributed by atoms with Gasteiger partial charge in [0.1, 0.15) is 0 Å². The second-order valence-corrected chi connectivity index (χ2v) is 8.23. The molecule has 1 fully saturated rings. The largest absolute Gasteiger partial charge is 0.416 e. The number of nitrogens with one attached hydrogen (secondary N) is 2. The number of benzene rings is 1. The number of piperidine rings is 1. The van der Waals surface area contributed by atoms with Crippen molar-refractivity contribution in [1.29, 1.82) is 0 Å². The maximum Gasteiger partial charge on any atom is 0.416 e. The number of alkyl halides is 3. The number of halogens is 3. The zero-order valence-corrected chi connectivity index (χ0v) is 17.2. The van der Waals surface area contributed by atoms with Crippen LogP contribution in [0.2, 0.25) is 0 Å². The van der Waals surface area contributed by atoms with Crippen LogP contribution < -0.4 is 5.43 Å². The van der Waals surface area contributed by atoms with Gasteiger partial charge in [0.05, 0.1) is 21.0 Å². The molecule has 2 N–H and O–H groups in total. The number of hydrazine groups is 1. The third-order valence-corrected chi connectivity index (χ3v) is 5.87. The van der Waals surface area contributed by atoms with Crippen molar-refractivity contribution in [1.82, 2.24) is 20.6 Å². The monoisotopic (exact) mass is 444 g/mol. The minimum Gasteiger partial charge on any atom is -0.283 e. The van der Waals surface area contributed by atoms with Gasteiger partial charge in [-0.3, -0.25) is 15.3 Å². The number of thiophene rings is 1. The molecule has 9 heteroatoms. The van der Waals surface area contributed by atoms with Crippen LogP contribution in [0.15, 0.2) is 42.5 Å². The maximum absolute atomic E-state index is 12.6. The highest BCUT2D eigenvalue weighted by Crippen LogP contribution is 2.29. The standard InChI is InChI=1S/C22H19F3N4OS/c23-22(24,25)16-7-4-15(5-8-16)6-9-17-10-11-20(31-17)18-14-19(27-26-18)21(30)28-29-12-2-1-3-13-29/h4-5,7-8,10-11,14H,1-3,12-13H2,(H,26,27)(H,28,30). The number of rotatable bonds is 3. The zero-order valence-electron chi connectivity index (χ0n) is 16.4. The van der Waals surface area contributed by atoms with E-state index in [1.165, 1.54) is 29.9 Å². The lowest BCUT2D eigenvalue weighted by Gasteiger charge is -2.26. The fourth-order valence-corrected chi connectivity index (χ4v) is 4.02. The van der Waals surface area contributed by atoms with Crippen LogP contribution in [0.1, 0.15) is 45.8 Å². The van der Waals surface area contributed by atoms with Crippen LogP contribution in [0.4, 0.5) is 13.2 Å². The van der Waals surface area contributed by atoms with Gasteiger partial charge in [-0.05, 0) is 55.3 Å². The Morgan fingerprint density at radius 2 is 1.81 bits per heavy atom. The van der Waals surface area contributed by atoms with Crippen molar-refractivity contribution < 1.29 is 18.0 Å². The normalized spacial score (nSPS) is 14.7. The minimum atomic E-state index is -4.36. The van der Waals surface area contributed by atoms with Crippen LogP contribution in [0.25, 0.3) is 10.6 Å². The van der Waals surface area contributed by atoms with E-state index in [2.05, 4.69) is 27.5 Å². The predicted molar refractivity (Wildman–Crippen MR) is 112 cm³/mol. The number of carbonyl (C=O) groups excluding carboxylic acids is 1. The Labute approximate surface area is 181 Å². The molecule has 1 amide bonds. The van der Waals surface area contributed by atoms with Crippen LogP contribution in [-0.2, 0) is 6.18 Å². The summed E-state index contributed by atoms with van der Waals surface area (Å²) in [6.07, 6.45) is -1.04. The second kappa shape index (κ2) is 8.96. The van der Waals surface area contributed by atoms with E-state index in [9.17, 15) is 18.0 Å².